The van der Waals surface area contributed by atoms with E-state index in [4.69, 9.17) is 0 Å². The zero-order valence-electron chi connectivity index (χ0n) is 9.12. The predicted molar refractivity (Wildman–Crippen MR) is 58.3 cm³/mol. The summed E-state index contributed by atoms with van der Waals surface area (Å²) < 4.78 is 1.34. The van der Waals surface area contributed by atoms with E-state index in [0.717, 1.165) is 25.0 Å². The molecule has 1 aliphatic rings. The number of hydrogen-bond acceptors (Lipinski definition) is 2. The van der Waals surface area contributed by atoms with E-state index in [-0.39, 0.29) is 23.2 Å². The van der Waals surface area contributed by atoms with E-state index in [2.05, 4.69) is 4.98 Å². The lowest BCUT2D eigenvalue weighted by Gasteiger charge is -2.09. The van der Waals surface area contributed by atoms with Gasteiger partial charge in [-0.15, -0.1) is 0 Å². The molecule has 4 heteroatoms. The minimum Gasteiger partial charge on any atom is -0.311 e. The van der Waals surface area contributed by atoms with Crippen LogP contribution in [0.25, 0.3) is 0 Å². The van der Waals surface area contributed by atoms with Crippen LogP contribution in [-0.2, 0) is 0 Å². The third-order valence-electron chi connectivity index (χ3n) is 3.04. The van der Waals surface area contributed by atoms with E-state index in [1.54, 1.807) is 6.07 Å². The number of aromatic amines is 1. The first-order valence-corrected chi connectivity index (χ1v) is 5.49. The zero-order chi connectivity index (χ0) is 11.0. The largest absolute Gasteiger partial charge is 0.328 e. The van der Waals surface area contributed by atoms with Crippen molar-refractivity contribution in [3.8, 4) is 0 Å². The van der Waals surface area contributed by atoms with Gasteiger partial charge < -0.3 is 4.98 Å². The average molecular weight is 208 g/mol. The maximum atomic E-state index is 11.7. The molecule has 1 aromatic heterocycles. The second kappa shape index (κ2) is 3.68. The minimum absolute atomic E-state index is 0.146. The number of rotatable bonds is 3. The smallest absolute Gasteiger partial charge is 0.311 e. The van der Waals surface area contributed by atoms with Crippen LogP contribution in [0.3, 0.4) is 0 Å². The fourth-order valence-electron chi connectivity index (χ4n) is 1.69. The van der Waals surface area contributed by atoms with Gasteiger partial charge in [0.1, 0.15) is 0 Å². The topological polar surface area (TPSA) is 54.9 Å². The molecule has 0 unspecified atom stereocenters. The third kappa shape index (κ3) is 1.89. The highest BCUT2D eigenvalue weighted by Crippen LogP contribution is 2.32. The fourth-order valence-corrected chi connectivity index (χ4v) is 1.69. The van der Waals surface area contributed by atoms with Gasteiger partial charge in [-0.05, 0) is 25.2 Å². The summed E-state index contributed by atoms with van der Waals surface area (Å²) >= 11 is 0. The van der Waals surface area contributed by atoms with Gasteiger partial charge in [-0.3, -0.25) is 9.36 Å². The van der Waals surface area contributed by atoms with E-state index < -0.39 is 0 Å². The van der Waals surface area contributed by atoms with Gasteiger partial charge in [0.2, 0.25) is 0 Å². The van der Waals surface area contributed by atoms with Crippen molar-refractivity contribution < 1.29 is 0 Å². The van der Waals surface area contributed by atoms with Gasteiger partial charge in [-0.1, -0.05) is 13.8 Å². The van der Waals surface area contributed by atoms with Crippen LogP contribution in [-0.4, -0.2) is 9.55 Å². The Morgan fingerprint density at radius 2 is 2.20 bits per heavy atom. The molecule has 1 N–H and O–H groups in total. The molecular formula is C11H16N2O2. The monoisotopic (exact) mass is 208 g/mol. The highest BCUT2D eigenvalue weighted by molar-refractivity contribution is 5.06. The quantitative estimate of drug-likeness (QED) is 0.816. The Morgan fingerprint density at radius 3 is 2.67 bits per heavy atom. The minimum atomic E-state index is -0.250. The summed E-state index contributed by atoms with van der Waals surface area (Å²) in [6.07, 6.45) is 2.82. The van der Waals surface area contributed by atoms with Gasteiger partial charge in [0.05, 0.1) is 0 Å². The molecule has 0 bridgehead atoms. The third-order valence-corrected chi connectivity index (χ3v) is 3.04. The molecule has 15 heavy (non-hydrogen) atoms. The zero-order valence-corrected chi connectivity index (χ0v) is 9.12. The number of H-pyrrole nitrogens is 1. The van der Waals surface area contributed by atoms with Crippen LogP contribution >= 0.6 is 0 Å². The highest BCUT2D eigenvalue weighted by atomic mass is 16.2. The molecule has 1 aromatic rings. The van der Waals surface area contributed by atoms with Crippen molar-refractivity contribution in [2.75, 3.05) is 0 Å². The summed E-state index contributed by atoms with van der Waals surface area (Å²) in [5, 5.41) is 0. The van der Waals surface area contributed by atoms with Crippen molar-refractivity contribution in [3.63, 3.8) is 0 Å². The van der Waals surface area contributed by atoms with Crippen LogP contribution in [0.15, 0.2) is 15.7 Å². The Bertz CT molecular complexity index is 437. The van der Waals surface area contributed by atoms with Crippen molar-refractivity contribution in [1.29, 1.82) is 0 Å². The van der Waals surface area contributed by atoms with Crippen molar-refractivity contribution in [2.45, 2.75) is 45.1 Å². The van der Waals surface area contributed by atoms with Crippen LogP contribution in [0.2, 0.25) is 0 Å². The number of nitrogens with zero attached hydrogens (tertiary/aromatic N) is 1. The molecule has 2 rings (SSSR count). The van der Waals surface area contributed by atoms with Gasteiger partial charge in [-0.2, -0.15) is 0 Å². The second-order valence-electron chi connectivity index (χ2n) is 4.28. The van der Waals surface area contributed by atoms with E-state index >= 15 is 0 Å². The number of hydrogen-bond donors (Lipinski definition) is 1. The molecule has 1 fully saturated rings. The fraction of sp³-hybridized carbons (Fsp3) is 0.636. The molecular weight excluding hydrogens is 192 g/mol. The second-order valence-corrected chi connectivity index (χ2v) is 4.28. The summed E-state index contributed by atoms with van der Waals surface area (Å²) in [6.45, 7) is 4.04. The summed E-state index contributed by atoms with van der Waals surface area (Å²) in [4.78, 5) is 26.2. The summed E-state index contributed by atoms with van der Waals surface area (Å²) in [5.41, 5.74) is 0.348. The molecule has 1 heterocycles. The molecule has 4 nitrogen and oxygen atoms in total. The molecule has 1 atom stereocenters. The standard InChI is InChI=1S/C11H16N2O2/c1-3-7(2)9-6-10(14)13(8-4-5-8)11(15)12-9/h6-8H,3-5H2,1-2H3,(H,12,15)/t7-/m1/s1. The van der Waals surface area contributed by atoms with Crippen molar-refractivity contribution in [1.82, 2.24) is 9.55 Å². The lowest BCUT2D eigenvalue weighted by molar-refractivity contribution is 0.622. The lowest BCUT2D eigenvalue weighted by Crippen LogP contribution is -2.35. The first-order chi connectivity index (χ1) is 7.13. The molecule has 0 amide bonds. The van der Waals surface area contributed by atoms with E-state index in [1.165, 1.54) is 4.57 Å². The van der Waals surface area contributed by atoms with Crippen LogP contribution < -0.4 is 11.2 Å². The summed E-state index contributed by atoms with van der Waals surface area (Å²) in [6, 6.07) is 1.71. The number of aromatic nitrogens is 2. The maximum absolute atomic E-state index is 11.7. The normalized spacial score (nSPS) is 17.7. The van der Waals surface area contributed by atoms with Crippen molar-refractivity contribution in [3.05, 3.63) is 32.6 Å². The van der Waals surface area contributed by atoms with Crippen LogP contribution in [0, 0.1) is 0 Å². The van der Waals surface area contributed by atoms with Gasteiger partial charge in [0, 0.05) is 17.8 Å². The van der Waals surface area contributed by atoms with Gasteiger partial charge >= 0.3 is 5.69 Å². The van der Waals surface area contributed by atoms with Gasteiger partial charge in [-0.25, -0.2) is 4.79 Å². The van der Waals surface area contributed by atoms with E-state index in [9.17, 15) is 9.59 Å². The molecule has 0 saturated heterocycles. The predicted octanol–water partition coefficient (Wildman–Crippen LogP) is 1.39. The highest BCUT2D eigenvalue weighted by Gasteiger charge is 2.26. The first kappa shape index (κ1) is 10.2. The van der Waals surface area contributed by atoms with Gasteiger partial charge in [0.15, 0.2) is 0 Å². The Balaban J connectivity index is 2.47. The molecule has 1 aliphatic carbocycles. The van der Waals surface area contributed by atoms with E-state index in [0.29, 0.717) is 0 Å². The summed E-state index contributed by atoms with van der Waals surface area (Å²) in [7, 11) is 0. The Labute approximate surface area is 88.0 Å². The molecule has 0 aromatic carbocycles. The van der Waals surface area contributed by atoms with Gasteiger partial charge in [0.25, 0.3) is 5.56 Å². The van der Waals surface area contributed by atoms with Crippen LogP contribution in [0.4, 0.5) is 0 Å². The Kier molecular flexibility index (Phi) is 2.50. The maximum Gasteiger partial charge on any atom is 0.328 e. The lowest BCUT2D eigenvalue weighted by atomic mass is 10.1. The molecule has 1 saturated carbocycles. The van der Waals surface area contributed by atoms with Crippen LogP contribution in [0.1, 0.15) is 50.8 Å². The molecule has 0 spiro atoms. The van der Waals surface area contributed by atoms with Crippen LogP contribution in [0.5, 0.6) is 0 Å². The Hall–Kier alpha value is -1.32. The van der Waals surface area contributed by atoms with Crippen molar-refractivity contribution >= 4 is 0 Å². The van der Waals surface area contributed by atoms with Crippen molar-refractivity contribution in [2.24, 2.45) is 0 Å². The molecule has 82 valence electrons. The summed E-state index contributed by atoms with van der Waals surface area (Å²) in [5.74, 6) is 0.235. The molecule has 0 radical (unpaired) electrons. The van der Waals surface area contributed by atoms with E-state index in [1.807, 2.05) is 13.8 Å². The first-order valence-electron chi connectivity index (χ1n) is 5.49. The average Bonchev–Trinajstić information content (AvgIpc) is 2.99. The Morgan fingerprint density at radius 1 is 1.53 bits per heavy atom. The number of nitrogens with one attached hydrogen (secondary N) is 1. The molecule has 0 aliphatic heterocycles. The SMILES string of the molecule is CC[C@@H](C)c1cc(=O)n(C2CC2)c(=O)[nH]1.